The van der Waals surface area contributed by atoms with Crippen LogP contribution in [-0.4, -0.2) is 29.9 Å². The molecule has 1 saturated carbocycles. The fraction of sp³-hybridized carbons (Fsp3) is 0.750. The van der Waals surface area contributed by atoms with Crippen molar-refractivity contribution in [2.75, 3.05) is 6.61 Å². The summed E-state index contributed by atoms with van der Waals surface area (Å²) in [5.41, 5.74) is 1.24. The third-order valence-electron chi connectivity index (χ3n) is 5.37. The van der Waals surface area contributed by atoms with Crippen LogP contribution in [0, 0.1) is 11.3 Å². The van der Waals surface area contributed by atoms with Crippen LogP contribution in [0.3, 0.4) is 0 Å². The zero-order chi connectivity index (χ0) is 14.6. The Kier molecular flexibility index (Phi) is 2.89. The number of fused-ring (bicyclic) bond motifs is 2. The first-order valence-electron chi connectivity index (χ1n) is 7.89. The predicted octanol–water partition coefficient (Wildman–Crippen LogP) is 2.52. The van der Waals surface area contributed by atoms with Gasteiger partial charge in [0.25, 0.3) is 0 Å². The molecule has 3 aliphatic rings. The zero-order valence-corrected chi connectivity index (χ0v) is 12.6. The molecule has 0 unspecified atom stereocenters. The highest BCUT2D eigenvalue weighted by Crippen LogP contribution is 2.53. The van der Waals surface area contributed by atoms with E-state index in [-0.39, 0.29) is 23.6 Å². The SMILES string of the molecule is CC1(C)[C@@H]2OCC[C@H]2[C@H]1OC(=O)c1noc2c1CCCC2. The average molecular weight is 291 g/mol. The maximum atomic E-state index is 12.5. The molecule has 5 heteroatoms. The van der Waals surface area contributed by atoms with Gasteiger partial charge in [0, 0.05) is 29.9 Å². The second kappa shape index (κ2) is 4.57. The van der Waals surface area contributed by atoms with Gasteiger partial charge in [-0.2, -0.15) is 0 Å². The van der Waals surface area contributed by atoms with E-state index in [1.807, 2.05) is 0 Å². The smallest absolute Gasteiger partial charge is 0.361 e. The van der Waals surface area contributed by atoms with E-state index in [1.165, 1.54) is 0 Å². The Morgan fingerprint density at radius 2 is 2.14 bits per heavy atom. The first-order chi connectivity index (χ1) is 10.1. The number of aryl methyl sites for hydroxylation is 1. The molecule has 3 atom stereocenters. The molecule has 114 valence electrons. The van der Waals surface area contributed by atoms with E-state index in [4.69, 9.17) is 14.0 Å². The Bertz CT molecular complexity index is 577. The van der Waals surface area contributed by atoms with Crippen molar-refractivity contribution in [2.24, 2.45) is 11.3 Å². The van der Waals surface area contributed by atoms with Crippen molar-refractivity contribution in [2.45, 2.75) is 58.2 Å². The Morgan fingerprint density at radius 1 is 1.33 bits per heavy atom. The van der Waals surface area contributed by atoms with Crippen molar-refractivity contribution in [3.05, 3.63) is 17.0 Å². The Labute approximate surface area is 124 Å². The molecule has 0 N–H and O–H groups in total. The molecule has 21 heavy (non-hydrogen) atoms. The highest BCUT2D eigenvalue weighted by atomic mass is 16.6. The minimum atomic E-state index is -0.328. The van der Waals surface area contributed by atoms with Crippen LogP contribution >= 0.6 is 0 Å². The van der Waals surface area contributed by atoms with Crippen molar-refractivity contribution in [3.63, 3.8) is 0 Å². The monoisotopic (exact) mass is 291 g/mol. The lowest BCUT2D eigenvalue weighted by Gasteiger charge is -2.53. The number of esters is 1. The minimum Gasteiger partial charge on any atom is -0.456 e. The van der Waals surface area contributed by atoms with Crippen LogP contribution in [0.25, 0.3) is 0 Å². The second-order valence-corrected chi connectivity index (χ2v) is 7.03. The van der Waals surface area contributed by atoms with Crippen molar-refractivity contribution in [1.82, 2.24) is 5.16 Å². The van der Waals surface area contributed by atoms with E-state index in [1.54, 1.807) is 0 Å². The van der Waals surface area contributed by atoms with Gasteiger partial charge in [0.2, 0.25) is 0 Å². The van der Waals surface area contributed by atoms with Gasteiger partial charge in [-0.25, -0.2) is 4.79 Å². The number of ether oxygens (including phenoxy) is 2. The first-order valence-corrected chi connectivity index (χ1v) is 7.89. The third-order valence-corrected chi connectivity index (χ3v) is 5.37. The molecule has 2 aliphatic carbocycles. The number of carbonyl (C=O) groups excluding carboxylic acids is 1. The van der Waals surface area contributed by atoms with Crippen molar-refractivity contribution < 1.29 is 18.8 Å². The molecular weight excluding hydrogens is 270 g/mol. The Balaban J connectivity index is 1.53. The van der Waals surface area contributed by atoms with Gasteiger partial charge < -0.3 is 14.0 Å². The van der Waals surface area contributed by atoms with Gasteiger partial charge >= 0.3 is 5.97 Å². The van der Waals surface area contributed by atoms with E-state index in [0.717, 1.165) is 50.0 Å². The summed E-state index contributed by atoms with van der Waals surface area (Å²) in [4.78, 5) is 12.5. The van der Waals surface area contributed by atoms with Crippen LogP contribution in [0.4, 0.5) is 0 Å². The number of rotatable bonds is 2. The maximum absolute atomic E-state index is 12.5. The molecule has 0 spiro atoms. The summed E-state index contributed by atoms with van der Waals surface area (Å²) in [6.45, 7) is 4.98. The van der Waals surface area contributed by atoms with E-state index < -0.39 is 0 Å². The fourth-order valence-electron chi connectivity index (χ4n) is 4.23. The Morgan fingerprint density at radius 3 is 3.00 bits per heavy atom. The largest absolute Gasteiger partial charge is 0.456 e. The molecule has 1 saturated heterocycles. The molecule has 4 rings (SSSR count). The second-order valence-electron chi connectivity index (χ2n) is 7.03. The summed E-state index contributed by atoms with van der Waals surface area (Å²) in [7, 11) is 0. The molecule has 1 aromatic rings. The van der Waals surface area contributed by atoms with E-state index in [9.17, 15) is 4.79 Å². The van der Waals surface area contributed by atoms with Gasteiger partial charge in [0.1, 0.15) is 11.9 Å². The Hall–Kier alpha value is -1.36. The van der Waals surface area contributed by atoms with Gasteiger partial charge in [-0.15, -0.1) is 0 Å². The van der Waals surface area contributed by atoms with Gasteiger partial charge in [-0.1, -0.05) is 19.0 Å². The van der Waals surface area contributed by atoms with Crippen molar-refractivity contribution in [1.29, 1.82) is 0 Å². The summed E-state index contributed by atoms with van der Waals surface area (Å²) in [5.74, 6) is 0.875. The molecule has 0 amide bonds. The summed E-state index contributed by atoms with van der Waals surface area (Å²) in [5, 5.41) is 3.96. The van der Waals surface area contributed by atoms with Crippen LogP contribution in [0.5, 0.6) is 0 Å². The number of hydrogen-bond acceptors (Lipinski definition) is 5. The topological polar surface area (TPSA) is 61.6 Å². The van der Waals surface area contributed by atoms with Gasteiger partial charge in [-0.3, -0.25) is 0 Å². The van der Waals surface area contributed by atoms with Crippen LogP contribution < -0.4 is 0 Å². The highest BCUT2D eigenvalue weighted by molar-refractivity contribution is 5.89. The molecule has 2 heterocycles. The number of nitrogens with zero attached hydrogens (tertiary/aromatic N) is 1. The lowest BCUT2D eigenvalue weighted by atomic mass is 9.59. The summed E-state index contributed by atoms with van der Waals surface area (Å²) >= 11 is 0. The van der Waals surface area contributed by atoms with Crippen LogP contribution in [0.1, 0.15) is 54.9 Å². The number of carbonyl (C=O) groups is 1. The number of aromatic nitrogens is 1. The minimum absolute atomic E-state index is 0.0755. The molecule has 2 fully saturated rings. The fourth-order valence-corrected chi connectivity index (χ4v) is 4.23. The molecule has 0 bridgehead atoms. The van der Waals surface area contributed by atoms with E-state index in [0.29, 0.717) is 11.6 Å². The third kappa shape index (κ3) is 1.86. The zero-order valence-electron chi connectivity index (χ0n) is 12.6. The number of hydrogen-bond donors (Lipinski definition) is 0. The lowest BCUT2D eigenvalue weighted by Crippen LogP contribution is -2.61. The quantitative estimate of drug-likeness (QED) is 0.784. The molecule has 1 aromatic heterocycles. The molecule has 5 nitrogen and oxygen atoms in total. The summed E-state index contributed by atoms with van der Waals surface area (Å²) in [6, 6.07) is 0. The van der Waals surface area contributed by atoms with Crippen LogP contribution in [-0.2, 0) is 22.3 Å². The molecular formula is C16H21NO4. The lowest BCUT2D eigenvalue weighted by molar-refractivity contribution is -0.183. The van der Waals surface area contributed by atoms with Gasteiger partial charge in [-0.05, 0) is 25.7 Å². The normalized spacial score (nSPS) is 33.0. The van der Waals surface area contributed by atoms with E-state index >= 15 is 0 Å². The van der Waals surface area contributed by atoms with Crippen LogP contribution in [0.2, 0.25) is 0 Å². The maximum Gasteiger partial charge on any atom is 0.361 e. The van der Waals surface area contributed by atoms with Crippen molar-refractivity contribution >= 4 is 5.97 Å². The molecule has 0 aromatic carbocycles. The molecule has 1 aliphatic heterocycles. The standard InChI is InChI=1S/C16H21NO4/c1-16(2)13-10(7-8-19-13)14(16)20-15(18)12-9-5-3-4-6-11(9)21-17-12/h10,13-14H,3-8H2,1-2H3/t10-,13-,14-/m1/s1. The van der Waals surface area contributed by atoms with Crippen molar-refractivity contribution in [3.8, 4) is 0 Å². The van der Waals surface area contributed by atoms with Crippen LogP contribution in [0.15, 0.2) is 4.52 Å². The summed E-state index contributed by atoms with van der Waals surface area (Å²) in [6.07, 6.45) is 5.06. The van der Waals surface area contributed by atoms with Gasteiger partial charge in [0.15, 0.2) is 5.69 Å². The summed E-state index contributed by atoms with van der Waals surface area (Å²) < 4.78 is 16.8. The molecule has 0 radical (unpaired) electrons. The van der Waals surface area contributed by atoms with E-state index in [2.05, 4.69) is 19.0 Å². The highest BCUT2D eigenvalue weighted by Gasteiger charge is 2.61. The first kappa shape index (κ1) is 13.3. The van der Waals surface area contributed by atoms with Gasteiger partial charge in [0.05, 0.1) is 6.10 Å². The predicted molar refractivity (Wildman–Crippen MR) is 74.0 cm³/mol. The average Bonchev–Trinajstić information content (AvgIpc) is 3.10.